The van der Waals surface area contributed by atoms with Crippen molar-refractivity contribution in [3.8, 4) is 0 Å². The van der Waals surface area contributed by atoms with Gasteiger partial charge < -0.3 is 4.74 Å². The van der Waals surface area contributed by atoms with Gasteiger partial charge in [-0.15, -0.1) is 0 Å². The highest BCUT2D eigenvalue weighted by atomic mass is 16.6. The molecule has 2 rings (SSSR count). The molecule has 0 aromatic heterocycles. The average molecular weight is 230 g/mol. The molecule has 0 spiro atoms. The molecule has 0 saturated heterocycles. The van der Waals surface area contributed by atoms with Crippen LogP contribution < -0.4 is 0 Å². The van der Waals surface area contributed by atoms with Crippen molar-refractivity contribution in [1.82, 2.24) is 0 Å². The number of esters is 1. The Morgan fingerprint density at radius 3 is 2.82 bits per heavy atom. The minimum absolute atomic E-state index is 0.220. The van der Waals surface area contributed by atoms with Crippen LogP contribution in [0.5, 0.6) is 0 Å². The normalized spacial score (nSPS) is 21.3. The number of hydrogen-bond acceptors (Lipinski definition) is 2. The summed E-state index contributed by atoms with van der Waals surface area (Å²) in [4.78, 5) is 11.3. The molecule has 0 saturated carbocycles. The Labute approximate surface area is 102 Å². The Balaban J connectivity index is 2.35. The van der Waals surface area contributed by atoms with Crippen molar-refractivity contribution >= 4 is 12.0 Å². The SMILES string of the molecule is CCCCC1(OC(C)=O)C=Cc2ccccc21. The van der Waals surface area contributed by atoms with Crippen molar-refractivity contribution in [2.24, 2.45) is 0 Å². The van der Waals surface area contributed by atoms with E-state index in [1.54, 1.807) is 0 Å². The first-order chi connectivity index (χ1) is 8.18. The van der Waals surface area contributed by atoms with E-state index < -0.39 is 5.60 Å². The lowest BCUT2D eigenvalue weighted by Crippen LogP contribution is -2.28. The fourth-order valence-electron chi connectivity index (χ4n) is 2.40. The largest absolute Gasteiger partial charge is 0.450 e. The van der Waals surface area contributed by atoms with E-state index in [-0.39, 0.29) is 5.97 Å². The Morgan fingerprint density at radius 1 is 1.35 bits per heavy atom. The van der Waals surface area contributed by atoms with E-state index in [9.17, 15) is 4.79 Å². The summed E-state index contributed by atoms with van der Waals surface area (Å²) in [6.45, 7) is 3.62. The number of carbonyl (C=O) groups excluding carboxylic acids is 1. The number of unbranched alkanes of at least 4 members (excludes halogenated alkanes) is 1. The number of fused-ring (bicyclic) bond motifs is 1. The van der Waals surface area contributed by atoms with Crippen molar-refractivity contribution in [2.45, 2.75) is 38.7 Å². The number of hydrogen-bond donors (Lipinski definition) is 0. The van der Waals surface area contributed by atoms with Crippen LogP contribution in [0.25, 0.3) is 6.08 Å². The molecule has 1 aliphatic carbocycles. The van der Waals surface area contributed by atoms with Crippen molar-refractivity contribution in [1.29, 1.82) is 0 Å². The summed E-state index contributed by atoms with van der Waals surface area (Å²) in [5, 5.41) is 0. The second-order valence-electron chi connectivity index (χ2n) is 4.51. The zero-order chi connectivity index (χ0) is 12.3. The topological polar surface area (TPSA) is 26.3 Å². The van der Waals surface area contributed by atoms with Gasteiger partial charge in [0.15, 0.2) is 5.60 Å². The number of carbonyl (C=O) groups is 1. The summed E-state index contributed by atoms with van der Waals surface area (Å²) >= 11 is 0. The van der Waals surface area contributed by atoms with Crippen molar-refractivity contribution in [2.75, 3.05) is 0 Å². The van der Waals surface area contributed by atoms with Gasteiger partial charge in [-0.1, -0.05) is 43.7 Å². The lowest BCUT2D eigenvalue weighted by molar-refractivity contribution is -0.153. The molecular formula is C15H18O2. The van der Waals surface area contributed by atoms with Gasteiger partial charge in [0.2, 0.25) is 0 Å². The Morgan fingerprint density at radius 2 is 2.12 bits per heavy atom. The molecule has 1 aromatic carbocycles. The monoisotopic (exact) mass is 230 g/mol. The van der Waals surface area contributed by atoms with E-state index in [1.807, 2.05) is 30.4 Å². The molecular weight excluding hydrogens is 212 g/mol. The molecule has 2 heteroatoms. The van der Waals surface area contributed by atoms with Gasteiger partial charge >= 0.3 is 5.97 Å². The van der Waals surface area contributed by atoms with E-state index in [4.69, 9.17) is 4.74 Å². The van der Waals surface area contributed by atoms with Gasteiger partial charge in [0.25, 0.3) is 0 Å². The Bertz CT molecular complexity index is 448. The van der Waals surface area contributed by atoms with E-state index in [0.29, 0.717) is 0 Å². The fraction of sp³-hybridized carbons (Fsp3) is 0.400. The van der Waals surface area contributed by atoms with Gasteiger partial charge in [-0.3, -0.25) is 4.79 Å². The van der Waals surface area contributed by atoms with Crippen LogP contribution in [0.2, 0.25) is 0 Å². The Hall–Kier alpha value is -1.57. The van der Waals surface area contributed by atoms with Gasteiger partial charge in [0, 0.05) is 12.5 Å². The van der Waals surface area contributed by atoms with Crippen LogP contribution in [0.1, 0.15) is 44.2 Å². The molecule has 0 amide bonds. The van der Waals surface area contributed by atoms with E-state index >= 15 is 0 Å². The third-order valence-electron chi connectivity index (χ3n) is 3.18. The summed E-state index contributed by atoms with van der Waals surface area (Å²) in [5.74, 6) is -0.220. The molecule has 1 atom stereocenters. The number of ether oxygens (including phenoxy) is 1. The minimum Gasteiger partial charge on any atom is -0.450 e. The van der Waals surface area contributed by atoms with Gasteiger partial charge in [0.1, 0.15) is 0 Å². The van der Waals surface area contributed by atoms with E-state index in [1.165, 1.54) is 6.92 Å². The molecule has 0 aliphatic heterocycles. The minimum atomic E-state index is -0.529. The highest BCUT2D eigenvalue weighted by Crippen LogP contribution is 2.40. The molecule has 0 bridgehead atoms. The van der Waals surface area contributed by atoms with Crippen LogP contribution in [0.4, 0.5) is 0 Å². The summed E-state index contributed by atoms with van der Waals surface area (Å²) in [6, 6.07) is 8.11. The summed E-state index contributed by atoms with van der Waals surface area (Å²) in [7, 11) is 0. The predicted octanol–water partition coefficient (Wildman–Crippen LogP) is 3.66. The van der Waals surface area contributed by atoms with Crippen molar-refractivity contribution < 1.29 is 9.53 Å². The quantitative estimate of drug-likeness (QED) is 0.738. The second kappa shape index (κ2) is 4.74. The maximum atomic E-state index is 11.3. The number of benzene rings is 1. The van der Waals surface area contributed by atoms with Crippen LogP contribution >= 0.6 is 0 Å². The van der Waals surface area contributed by atoms with Gasteiger partial charge in [-0.25, -0.2) is 0 Å². The standard InChI is InChI=1S/C15H18O2/c1-3-4-10-15(17-12(2)16)11-9-13-7-5-6-8-14(13)15/h5-9,11H,3-4,10H2,1-2H3. The Kier molecular flexibility index (Phi) is 3.32. The molecule has 0 N–H and O–H groups in total. The third-order valence-corrected chi connectivity index (χ3v) is 3.18. The molecule has 90 valence electrons. The lowest BCUT2D eigenvalue weighted by Gasteiger charge is -2.28. The molecule has 2 nitrogen and oxygen atoms in total. The number of rotatable bonds is 4. The summed E-state index contributed by atoms with van der Waals surface area (Å²) in [5.41, 5.74) is 1.74. The van der Waals surface area contributed by atoms with E-state index in [0.717, 1.165) is 30.4 Å². The molecule has 0 fully saturated rings. The third kappa shape index (κ3) is 2.26. The summed E-state index contributed by atoms with van der Waals surface area (Å²) in [6.07, 6.45) is 7.07. The summed E-state index contributed by atoms with van der Waals surface area (Å²) < 4.78 is 5.60. The van der Waals surface area contributed by atoms with Crippen LogP contribution in [0, 0.1) is 0 Å². The fourth-order valence-corrected chi connectivity index (χ4v) is 2.40. The predicted molar refractivity (Wildman–Crippen MR) is 68.4 cm³/mol. The van der Waals surface area contributed by atoms with Crippen LogP contribution in [0.3, 0.4) is 0 Å². The highest BCUT2D eigenvalue weighted by Gasteiger charge is 2.37. The van der Waals surface area contributed by atoms with Crippen molar-refractivity contribution in [3.63, 3.8) is 0 Å². The van der Waals surface area contributed by atoms with Gasteiger partial charge in [-0.05, 0) is 24.5 Å². The molecule has 1 unspecified atom stereocenters. The van der Waals surface area contributed by atoms with Gasteiger partial charge in [-0.2, -0.15) is 0 Å². The molecule has 17 heavy (non-hydrogen) atoms. The van der Waals surface area contributed by atoms with Crippen LogP contribution in [-0.2, 0) is 15.1 Å². The first-order valence-electron chi connectivity index (χ1n) is 6.16. The van der Waals surface area contributed by atoms with Gasteiger partial charge in [0.05, 0.1) is 0 Å². The molecule has 0 radical (unpaired) electrons. The van der Waals surface area contributed by atoms with Crippen molar-refractivity contribution in [3.05, 3.63) is 41.5 Å². The smallest absolute Gasteiger partial charge is 0.303 e. The first-order valence-corrected chi connectivity index (χ1v) is 6.16. The highest BCUT2D eigenvalue weighted by molar-refractivity contribution is 5.71. The first kappa shape index (κ1) is 11.9. The average Bonchev–Trinajstić information content (AvgIpc) is 2.66. The van der Waals surface area contributed by atoms with E-state index in [2.05, 4.69) is 13.0 Å². The second-order valence-corrected chi connectivity index (χ2v) is 4.51. The lowest BCUT2D eigenvalue weighted by atomic mass is 9.90. The maximum Gasteiger partial charge on any atom is 0.303 e. The zero-order valence-electron chi connectivity index (χ0n) is 10.4. The van der Waals surface area contributed by atoms with Crippen LogP contribution in [0.15, 0.2) is 30.3 Å². The molecule has 0 heterocycles. The molecule has 1 aliphatic rings. The van der Waals surface area contributed by atoms with Crippen LogP contribution in [-0.4, -0.2) is 5.97 Å². The molecule has 1 aromatic rings. The zero-order valence-corrected chi connectivity index (χ0v) is 10.4. The maximum absolute atomic E-state index is 11.3.